The van der Waals surface area contributed by atoms with E-state index in [1.807, 2.05) is 12.1 Å². The van der Waals surface area contributed by atoms with Crippen LogP contribution in [0.25, 0.3) is 0 Å². The average molecular weight is 375 g/mol. The van der Waals surface area contributed by atoms with Crippen LogP contribution in [0.3, 0.4) is 0 Å². The second-order valence-electron chi connectivity index (χ2n) is 6.25. The van der Waals surface area contributed by atoms with E-state index in [2.05, 4.69) is 60.8 Å². The molecule has 0 radical (unpaired) electrons. The molecule has 0 aliphatic heterocycles. The quantitative estimate of drug-likeness (QED) is 0.457. The van der Waals surface area contributed by atoms with Gasteiger partial charge < -0.3 is 0 Å². The molecule has 3 heteroatoms. The predicted octanol–water partition coefficient (Wildman–Crippen LogP) is 6.31. The van der Waals surface area contributed by atoms with Crippen molar-refractivity contribution in [1.82, 2.24) is 4.90 Å². The van der Waals surface area contributed by atoms with Crippen LogP contribution in [0.5, 0.6) is 0 Å². The van der Waals surface area contributed by atoms with Crippen molar-refractivity contribution in [3.63, 3.8) is 0 Å². The first-order chi connectivity index (χ1) is 9.99. The Morgan fingerprint density at radius 3 is 2.24 bits per heavy atom. The molecule has 0 aromatic heterocycles. The van der Waals surface area contributed by atoms with Crippen LogP contribution in [-0.4, -0.2) is 23.8 Å². The molecular weight excluding hydrogens is 346 g/mol. The van der Waals surface area contributed by atoms with E-state index in [1.165, 1.54) is 31.2 Å². The number of halogens is 2. The van der Waals surface area contributed by atoms with Crippen molar-refractivity contribution in [3.05, 3.63) is 34.9 Å². The maximum absolute atomic E-state index is 6.35. The molecule has 0 heterocycles. The van der Waals surface area contributed by atoms with Crippen molar-refractivity contribution in [2.75, 3.05) is 18.9 Å². The molecular formula is C18H29BrClN. The van der Waals surface area contributed by atoms with Gasteiger partial charge in [-0.15, -0.1) is 0 Å². The molecule has 0 aliphatic carbocycles. The van der Waals surface area contributed by atoms with Gasteiger partial charge in [-0.1, -0.05) is 72.4 Å². The van der Waals surface area contributed by atoms with Gasteiger partial charge >= 0.3 is 0 Å². The Balaban J connectivity index is 2.86. The minimum absolute atomic E-state index is 0.339. The highest BCUT2D eigenvalue weighted by Crippen LogP contribution is 2.36. The largest absolute Gasteiger partial charge is 0.299 e. The zero-order valence-corrected chi connectivity index (χ0v) is 16.2. The number of alkyl halides is 1. The fourth-order valence-electron chi connectivity index (χ4n) is 3.24. The van der Waals surface area contributed by atoms with E-state index in [-0.39, 0.29) is 0 Å². The lowest BCUT2D eigenvalue weighted by molar-refractivity contribution is 0.140. The van der Waals surface area contributed by atoms with Gasteiger partial charge in [-0.2, -0.15) is 0 Å². The van der Waals surface area contributed by atoms with Gasteiger partial charge in [-0.3, -0.25) is 4.90 Å². The second-order valence-corrected chi connectivity index (χ2v) is 7.21. The van der Waals surface area contributed by atoms with E-state index < -0.39 is 0 Å². The van der Waals surface area contributed by atoms with Gasteiger partial charge in [0.25, 0.3) is 0 Å². The molecule has 0 fully saturated rings. The summed E-state index contributed by atoms with van der Waals surface area (Å²) < 4.78 is 0. The van der Waals surface area contributed by atoms with E-state index in [9.17, 15) is 0 Å². The minimum Gasteiger partial charge on any atom is -0.299 e. The topological polar surface area (TPSA) is 3.24 Å². The van der Waals surface area contributed by atoms with Crippen molar-refractivity contribution in [2.45, 2.75) is 52.5 Å². The third kappa shape index (κ3) is 5.26. The summed E-state index contributed by atoms with van der Waals surface area (Å²) in [5.74, 6) is 0. The van der Waals surface area contributed by atoms with Crippen LogP contribution in [0.1, 0.15) is 58.1 Å². The molecule has 1 aromatic carbocycles. The second kappa shape index (κ2) is 9.17. The molecule has 0 N–H and O–H groups in total. The van der Waals surface area contributed by atoms with Crippen LogP contribution in [-0.2, 0) is 0 Å². The molecule has 0 amide bonds. The zero-order chi connectivity index (χ0) is 15.9. The number of hydrogen-bond acceptors (Lipinski definition) is 1. The van der Waals surface area contributed by atoms with Crippen LogP contribution >= 0.6 is 27.5 Å². The predicted molar refractivity (Wildman–Crippen MR) is 98.5 cm³/mol. The van der Waals surface area contributed by atoms with Gasteiger partial charge in [0.05, 0.1) is 0 Å². The standard InChI is InChI=1S/C18H29BrClN/c1-5-11-18(13-19,12-6-2)14-21(4)15(3)16-9-7-8-10-17(16)20/h7-10,15H,5-6,11-14H2,1-4H3. The van der Waals surface area contributed by atoms with E-state index in [0.29, 0.717) is 11.5 Å². The highest BCUT2D eigenvalue weighted by atomic mass is 79.9. The normalized spacial score (nSPS) is 13.7. The van der Waals surface area contributed by atoms with Crippen molar-refractivity contribution in [3.8, 4) is 0 Å². The lowest BCUT2D eigenvalue weighted by Gasteiger charge is -2.38. The fourth-order valence-corrected chi connectivity index (χ4v) is 4.27. The van der Waals surface area contributed by atoms with E-state index in [0.717, 1.165) is 16.9 Å². The first kappa shape index (κ1) is 19.0. The highest BCUT2D eigenvalue weighted by molar-refractivity contribution is 9.09. The van der Waals surface area contributed by atoms with Crippen molar-refractivity contribution in [2.24, 2.45) is 5.41 Å². The summed E-state index contributed by atoms with van der Waals surface area (Å²) in [5.41, 5.74) is 1.59. The Kier molecular flexibility index (Phi) is 8.30. The Morgan fingerprint density at radius 2 is 1.76 bits per heavy atom. The fraction of sp³-hybridized carbons (Fsp3) is 0.667. The molecule has 1 nitrogen and oxygen atoms in total. The molecule has 0 aliphatic rings. The van der Waals surface area contributed by atoms with Crippen LogP contribution in [0.15, 0.2) is 24.3 Å². The van der Waals surface area contributed by atoms with E-state index >= 15 is 0 Å². The monoisotopic (exact) mass is 373 g/mol. The van der Waals surface area contributed by atoms with Crippen molar-refractivity contribution >= 4 is 27.5 Å². The van der Waals surface area contributed by atoms with Gasteiger partial charge in [-0.25, -0.2) is 0 Å². The number of rotatable bonds is 9. The molecule has 1 atom stereocenters. The first-order valence-electron chi connectivity index (χ1n) is 8.00. The summed E-state index contributed by atoms with van der Waals surface area (Å²) in [7, 11) is 2.22. The zero-order valence-electron chi connectivity index (χ0n) is 13.8. The minimum atomic E-state index is 0.339. The Hall–Kier alpha value is -0.0500. The molecule has 0 bridgehead atoms. The van der Waals surface area contributed by atoms with E-state index in [4.69, 9.17) is 11.6 Å². The summed E-state index contributed by atoms with van der Waals surface area (Å²) >= 11 is 10.1. The highest BCUT2D eigenvalue weighted by Gasteiger charge is 2.30. The Labute approximate surface area is 144 Å². The molecule has 1 aromatic rings. The summed E-state index contributed by atoms with van der Waals surface area (Å²) in [6, 6.07) is 8.53. The lowest BCUT2D eigenvalue weighted by Crippen LogP contribution is -2.38. The molecule has 0 saturated heterocycles. The summed E-state index contributed by atoms with van der Waals surface area (Å²) in [6.45, 7) is 7.92. The van der Waals surface area contributed by atoms with E-state index in [1.54, 1.807) is 0 Å². The molecule has 1 unspecified atom stereocenters. The Bertz CT molecular complexity index is 415. The molecule has 0 saturated carbocycles. The first-order valence-corrected chi connectivity index (χ1v) is 9.50. The van der Waals surface area contributed by atoms with Crippen LogP contribution in [0.2, 0.25) is 5.02 Å². The summed E-state index contributed by atoms with van der Waals surface area (Å²) in [4.78, 5) is 2.45. The molecule has 0 spiro atoms. The third-order valence-corrected chi connectivity index (χ3v) is 5.98. The van der Waals surface area contributed by atoms with Gasteiger partial charge in [0, 0.05) is 22.9 Å². The molecule has 1 rings (SSSR count). The van der Waals surface area contributed by atoms with Gasteiger partial charge in [0.2, 0.25) is 0 Å². The number of hydrogen-bond donors (Lipinski definition) is 0. The van der Waals surface area contributed by atoms with Gasteiger partial charge in [-0.05, 0) is 43.9 Å². The summed E-state index contributed by atoms with van der Waals surface area (Å²) in [5, 5.41) is 1.94. The van der Waals surface area contributed by atoms with Gasteiger partial charge in [0.15, 0.2) is 0 Å². The van der Waals surface area contributed by atoms with Crippen molar-refractivity contribution < 1.29 is 0 Å². The molecule has 120 valence electrons. The lowest BCUT2D eigenvalue weighted by atomic mass is 9.80. The Morgan fingerprint density at radius 1 is 1.19 bits per heavy atom. The molecule has 21 heavy (non-hydrogen) atoms. The number of benzene rings is 1. The SMILES string of the molecule is CCCC(CBr)(CCC)CN(C)C(C)c1ccccc1Cl. The van der Waals surface area contributed by atoms with Crippen LogP contribution in [0.4, 0.5) is 0 Å². The third-order valence-electron chi connectivity index (χ3n) is 4.45. The maximum Gasteiger partial charge on any atom is 0.0453 e. The maximum atomic E-state index is 6.35. The summed E-state index contributed by atoms with van der Waals surface area (Å²) in [6.07, 6.45) is 5.01. The smallest absolute Gasteiger partial charge is 0.0453 e. The number of nitrogens with zero attached hydrogens (tertiary/aromatic N) is 1. The van der Waals surface area contributed by atoms with Crippen molar-refractivity contribution in [1.29, 1.82) is 0 Å². The van der Waals surface area contributed by atoms with Crippen LogP contribution < -0.4 is 0 Å². The van der Waals surface area contributed by atoms with Crippen LogP contribution in [0, 0.1) is 5.41 Å². The van der Waals surface area contributed by atoms with Gasteiger partial charge in [0.1, 0.15) is 0 Å². The average Bonchev–Trinajstić information content (AvgIpc) is 2.47.